The van der Waals surface area contributed by atoms with E-state index in [1.165, 1.54) is 4.90 Å². The van der Waals surface area contributed by atoms with Crippen molar-refractivity contribution in [3.05, 3.63) is 35.9 Å². The van der Waals surface area contributed by atoms with Gasteiger partial charge in [0.25, 0.3) is 5.91 Å². The highest BCUT2D eigenvalue weighted by atomic mass is 16.3. The van der Waals surface area contributed by atoms with Gasteiger partial charge in [-0.2, -0.15) is 0 Å². The molecule has 2 amide bonds. The predicted molar refractivity (Wildman–Crippen MR) is 79.3 cm³/mol. The summed E-state index contributed by atoms with van der Waals surface area (Å²) in [4.78, 5) is 27.7. The molecule has 0 saturated carbocycles. The molecule has 1 aliphatic rings. The van der Waals surface area contributed by atoms with Crippen LogP contribution in [0.25, 0.3) is 0 Å². The number of likely N-dealkylation sites (N-methyl/N-ethyl adjacent to an activating group) is 2. The van der Waals surface area contributed by atoms with E-state index in [2.05, 4.69) is 0 Å². The Kier molecular flexibility index (Phi) is 4.05. The topological polar surface area (TPSA) is 60.9 Å². The summed E-state index contributed by atoms with van der Waals surface area (Å²) in [5.74, 6) is -1.00. The fourth-order valence-corrected chi connectivity index (χ4v) is 2.91. The highest BCUT2D eigenvalue weighted by Crippen LogP contribution is 2.36. The van der Waals surface area contributed by atoms with Crippen LogP contribution in [-0.4, -0.2) is 52.5 Å². The van der Waals surface area contributed by atoms with Crippen LogP contribution < -0.4 is 0 Å². The summed E-state index contributed by atoms with van der Waals surface area (Å²) in [5.41, 5.74) is 0.0113. The van der Waals surface area contributed by atoms with Gasteiger partial charge in [0.15, 0.2) is 0 Å². The van der Waals surface area contributed by atoms with Crippen LogP contribution in [0.4, 0.5) is 0 Å². The van der Waals surface area contributed by atoms with Gasteiger partial charge in [0.05, 0.1) is 0 Å². The number of carbonyl (C=O) groups is 2. The number of rotatable bonds is 3. The van der Waals surface area contributed by atoms with Crippen LogP contribution in [0, 0.1) is 5.92 Å². The lowest BCUT2D eigenvalue weighted by Gasteiger charge is -2.37. The number of hydrogen-bond donors (Lipinski definition) is 1. The fourth-order valence-electron chi connectivity index (χ4n) is 2.91. The lowest BCUT2D eigenvalue weighted by atomic mass is 9.85. The van der Waals surface area contributed by atoms with E-state index < -0.39 is 23.5 Å². The Balaban J connectivity index is 2.20. The Morgan fingerprint density at radius 3 is 2.43 bits per heavy atom. The maximum absolute atomic E-state index is 12.8. The quantitative estimate of drug-likeness (QED) is 0.898. The summed E-state index contributed by atoms with van der Waals surface area (Å²) in [6.07, 6.45) is -1.12. The van der Waals surface area contributed by atoms with Gasteiger partial charge >= 0.3 is 0 Å². The third-order valence-corrected chi connectivity index (χ3v) is 4.68. The molecule has 3 unspecified atom stereocenters. The van der Waals surface area contributed by atoms with Gasteiger partial charge in [-0.1, -0.05) is 37.3 Å². The molecule has 114 valence electrons. The van der Waals surface area contributed by atoms with Gasteiger partial charge in [0.2, 0.25) is 5.91 Å². The average molecular weight is 290 g/mol. The first-order chi connectivity index (χ1) is 9.80. The van der Waals surface area contributed by atoms with E-state index in [9.17, 15) is 14.7 Å². The molecule has 1 aromatic carbocycles. The number of nitrogens with zero attached hydrogens (tertiary/aromatic N) is 2. The summed E-state index contributed by atoms with van der Waals surface area (Å²) in [5, 5.41) is 9.93. The summed E-state index contributed by atoms with van der Waals surface area (Å²) in [6.45, 7) is 3.93. The van der Waals surface area contributed by atoms with Crippen LogP contribution >= 0.6 is 0 Å². The van der Waals surface area contributed by atoms with Crippen molar-refractivity contribution in [1.29, 1.82) is 0 Å². The Morgan fingerprint density at radius 1 is 1.38 bits per heavy atom. The standard InChI is InChI=1S/C16H22N2O3/c1-11-13(19)14(20)18(4)16(11,2)15(21)17(3)10-12-8-6-5-7-9-12/h5-9,11,13,19H,10H2,1-4H3. The fraction of sp³-hybridized carbons (Fsp3) is 0.500. The molecule has 1 aliphatic heterocycles. The Hall–Kier alpha value is -1.88. The molecule has 0 bridgehead atoms. The van der Waals surface area contributed by atoms with E-state index >= 15 is 0 Å². The number of aliphatic hydroxyl groups excluding tert-OH is 1. The summed E-state index contributed by atoms with van der Waals surface area (Å²) >= 11 is 0. The number of hydrogen-bond acceptors (Lipinski definition) is 3. The molecule has 1 aromatic rings. The van der Waals surface area contributed by atoms with Crippen molar-refractivity contribution in [2.45, 2.75) is 32.0 Å². The minimum atomic E-state index is -1.12. The van der Waals surface area contributed by atoms with Crippen molar-refractivity contribution in [3.63, 3.8) is 0 Å². The molecule has 1 heterocycles. The van der Waals surface area contributed by atoms with Crippen LogP contribution in [0.2, 0.25) is 0 Å². The minimum absolute atomic E-state index is 0.161. The second kappa shape index (κ2) is 5.48. The number of carbonyl (C=O) groups excluding carboxylic acids is 2. The lowest BCUT2D eigenvalue weighted by molar-refractivity contribution is -0.147. The van der Waals surface area contributed by atoms with Crippen LogP contribution in [0.5, 0.6) is 0 Å². The molecule has 1 fully saturated rings. The Labute approximate surface area is 125 Å². The molecule has 1 saturated heterocycles. The van der Waals surface area contributed by atoms with Crippen LogP contribution in [0.1, 0.15) is 19.4 Å². The Bertz CT molecular complexity index is 546. The zero-order chi connectivity index (χ0) is 15.8. The second-order valence-corrected chi connectivity index (χ2v) is 5.93. The lowest BCUT2D eigenvalue weighted by Crippen LogP contribution is -2.56. The third kappa shape index (κ3) is 2.42. The van der Waals surface area contributed by atoms with E-state index in [0.717, 1.165) is 5.56 Å². The monoisotopic (exact) mass is 290 g/mol. The molecule has 5 heteroatoms. The molecular weight excluding hydrogens is 268 g/mol. The van der Waals surface area contributed by atoms with Gasteiger partial charge in [0.1, 0.15) is 11.6 Å². The van der Waals surface area contributed by atoms with Gasteiger partial charge < -0.3 is 14.9 Å². The molecule has 1 N–H and O–H groups in total. The van der Waals surface area contributed by atoms with Crippen LogP contribution in [-0.2, 0) is 16.1 Å². The van der Waals surface area contributed by atoms with Crippen LogP contribution in [0.15, 0.2) is 30.3 Å². The van der Waals surface area contributed by atoms with Gasteiger partial charge in [-0.15, -0.1) is 0 Å². The first kappa shape index (κ1) is 15.5. The second-order valence-electron chi connectivity index (χ2n) is 5.93. The zero-order valence-corrected chi connectivity index (χ0v) is 12.9. The third-order valence-electron chi connectivity index (χ3n) is 4.68. The molecule has 3 atom stereocenters. The molecule has 0 aromatic heterocycles. The van der Waals surface area contributed by atoms with E-state index in [0.29, 0.717) is 6.54 Å². The normalized spacial score (nSPS) is 28.8. The smallest absolute Gasteiger partial charge is 0.252 e. The SMILES string of the molecule is CC1C(O)C(=O)N(C)C1(C)C(=O)N(C)Cc1ccccc1. The van der Waals surface area contributed by atoms with E-state index in [-0.39, 0.29) is 5.91 Å². The molecule has 0 aliphatic carbocycles. The maximum atomic E-state index is 12.8. The summed E-state index contributed by atoms with van der Waals surface area (Å²) < 4.78 is 0. The molecular formula is C16H22N2O3. The molecule has 0 radical (unpaired) electrons. The van der Waals surface area contributed by atoms with E-state index in [1.807, 2.05) is 30.3 Å². The first-order valence-electron chi connectivity index (χ1n) is 7.05. The minimum Gasteiger partial charge on any atom is -0.383 e. The van der Waals surface area contributed by atoms with Gasteiger partial charge in [-0.25, -0.2) is 0 Å². The number of benzene rings is 1. The van der Waals surface area contributed by atoms with Crippen molar-refractivity contribution in [1.82, 2.24) is 9.80 Å². The van der Waals surface area contributed by atoms with Crippen molar-refractivity contribution in [3.8, 4) is 0 Å². The average Bonchev–Trinajstić information content (AvgIpc) is 2.64. The number of aliphatic hydroxyl groups is 1. The zero-order valence-electron chi connectivity index (χ0n) is 12.9. The molecule has 5 nitrogen and oxygen atoms in total. The van der Waals surface area contributed by atoms with Gasteiger partial charge in [-0.3, -0.25) is 9.59 Å². The van der Waals surface area contributed by atoms with Crippen molar-refractivity contribution >= 4 is 11.8 Å². The number of likely N-dealkylation sites (tertiary alicyclic amines) is 1. The largest absolute Gasteiger partial charge is 0.383 e. The van der Waals surface area contributed by atoms with Crippen LogP contribution in [0.3, 0.4) is 0 Å². The highest BCUT2D eigenvalue weighted by molar-refractivity contribution is 5.96. The molecule has 0 spiro atoms. The maximum Gasteiger partial charge on any atom is 0.252 e. The van der Waals surface area contributed by atoms with E-state index in [1.54, 1.807) is 32.8 Å². The van der Waals surface area contributed by atoms with Gasteiger partial charge in [0, 0.05) is 26.6 Å². The van der Waals surface area contributed by atoms with Crippen molar-refractivity contribution in [2.24, 2.45) is 5.92 Å². The predicted octanol–water partition coefficient (Wildman–Crippen LogP) is 0.873. The first-order valence-corrected chi connectivity index (χ1v) is 7.05. The Morgan fingerprint density at radius 2 is 1.95 bits per heavy atom. The summed E-state index contributed by atoms with van der Waals surface area (Å²) in [6, 6.07) is 9.68. The molecule has 21 heavy (non-hydrogen) atoms. The number of amides is 2. The van der Waals surface area contributed by atoms with Crippen molar-refractivity contribution < 1.29 is 14.7 Å². The van der Waals surface area contributed by atoms with Gasteiger partial charge in [-0.05, 0) is 12.5 Å². The highest BCUT2D eigenvalue weighted by Gasteiger charge is 2.56. The summed E-state index contributed by atoms with van der Waals surface area (Å²) in [7, 11) is 3.29. The molecule has 2 rings (SSSR count). The van der Waals surface area contributed by atoms with E-state index in [4.69, 9.17) is 0 Å². The van der Waals surface area contributed by atoms with Crippen molar-refractivity contribution in [2.75, 3.05) is 14.1 Å².